The standard InChI is InChI=1S/C14H25N3O2/c1-5-7-11-8-12(17-16-11)13(18)15-9-14(4,19)10(3)6-2/h8,10,19H,5-7,9H2,1-4H3,(H,15,18)(H,16,17). The Balaban J connectivity index is 2.55. The summed E-state index contributed by atoms with van der Waals surface area (Å²) in [6.45, 7) is 8.04. The van der Waals surface area contributed by atoms with Crippen LogP contribution in [-0.2, 0) is 6.42 Å². The molecule has 0 aromatic carbocycles. The first kappa shape index (κ1) is 15.7. The minimum Gasteiger partial charge on any atom is -0.388 e. The molecule has 1 aromatic heterocycles. The van der Waals surface area contributed by atoms with Crippen LogP contribution >= 0.6 is 0 Å². The number of nitrogens with one attached hydrogen (secondary N) is 2. The minimum atomic E-state index is -0.896. The van der Waals surface area contributed by atoms with Crippen LogP contribution in [0.1, 0.15) is 56.7 Å². The predicted octanol–water partition coefficient (Wildman–Crippen LogP) is 1.89. The smallest absolute Gasteiger partial charge is 0.271 e. The van der Waals surface area contributed by atoms with Crippen molar-refractivity contribution in [3.63, 3.8) is 0 Å². The second-order valence-corrected chi connectivity index (χ2v) is 5.38. The van der Waals surface area contributed by atoms with E-state index in [-0.39, 0.29) is 18.4 Å². The third-order valence-electron chi connectivity index (χ3n) is 3.66. The summed E-state index contributed by atoms with van der Waals surface area (Å²) in [5.41, 5.74) is 0.442. The third-order valence-corrected chi connectivity index (χ3v) is 3.66. The third kappa shape index (κ3) is 4.35. The van der Waals surface area contributed by atoms with E-state index in [1.165, 1.54) is 0 Å². The maximum atomic E-state index is 11.9. The van der Waals surface area contributed by atoms with Crippen molar-refractivity contribution in [3.8, 4) is 0 Å². The molecule has 3 N–H and O–H groups in total. The van der Waals surface area contributed by atoms with Crippen molar-refractivity contribution in [3.05, 3.63) is 17.5 Å². The van der Waals surface area contributed by atoms with Crippen LogP contribution < -0.4 is 5.32 Å². The lowest BCUT2D eigenvalue weighted by atomic mass is 9.88. The second kappa shape index (κ2) is 6.70. The van der Waals surface area contributed by atoms with E-state index < -0.39 is 5.60 Å². The molecule has 0 bridgehead atoms. The van der Waals surface area contributed by atoms with Gasteiger partial charge in [0.05, 0.1) is 5.60 Å². The second-order valence-electron chi connectivity index (χ2n) is 5.38. The molecular weight excluding hydrogens is 242 g/mol. The Hall–Kier alpha value is -1.36. The maximum Gasteiger partial charge on any atom is 0.271 e. The first-order valence-electron chi connectivity index (χ1n) is 6.95. The summed E-state index contributed by atoms with van der Waals surface area (Å²) in [7, 11) is 0. The lowest BCUT2D eigenvalue weighted by molar-refractivity contribution is 0.00588. The van der Waals surface area contributed by atoms with Crippen molar-refractivity contribution >= 4 is 5.91 Å². The van der Waals surface area contributed by atoms with Gasteiger partial charge in [0.2, 0.25) is 0 Å². The molecule has 0 radical (unpaired) electrons. The zero-order chi connectivity index (χ0) is 14.5. The molecule has 1 aromatic rings. The number of nitrogens with zero attached hydrogens (tertiary/aromatic N) is 1. The average molecular weight is 267 g/mol. The van der Waals surface area contributed by atoms with Gasteiger partial charge < -0.3 is 10.4 Å². The predicted molar refractivity (Wildman–Crippen MR) is 75.0 cm³/mol. The number of aromatic nitrogens is 2. The maximum absolute atomic E-state index is 11.9. The Morgan fingerprint density at radius 2 is 2.26 bits per heavy atom. The molecule has 19 heavy (non-hydrogen) atoms. The largest absolute Gasteiger partial charge is 0.388 e. The molecule has 2 unspecified atom stereocenters. The van der Waals surface area contributed by atoms with Crippen molar-refractivity contribution in [1.29, 1.82) is 0 Å². The number of aromatic amines is 1. The summed E-state index contributed by atoms with van der Waals surface area (Å²) in [6, 6.07) is 1.76. The van der Waals surface area contributed by atoms with Gasteiger partial charge in [0.25, 0.3) is 5.91 Å². The highest BCUT2D eigenvalue weighted by Gasteiger charge is 2.27. The number of H-pyrrole nitrogens is 1. The normalized spacial score (nSPS) is 15.8. The lowest BCUT2D eigenvalue weighted by Gasteiger charge is -2.29. The molecule has 1 heterocycles. The fraction of sp³-hybridized carbons (Fsp3) is 0.714. The molecular formula is C14H25N3O2. The van der Waals surface area contributed by atoms with E-state index >= 15 is 0 Å². The molecule has 2 atom stereocenters. The van der Waals surface area contributed by atoms with Gasteiger partial charge in [-0.15, -0.1) is 0 Å². The Morgan fingerprint density at radius 3 is 2.84 bits per heavy atom. The molecule has 5 heteroatoms. The summed E-state index contributed by atoms with van der Waals surface area (Å²) >= 11 is 0. The van der Waals surface area contributed by atoms with Gasteiger partial charge in [-0.05, 0) is 25.3 Å². The van der Waals surface area contributed by atoms with Gasteiger partial charge in [0.1, 0.15) is 5.69 Å². The zero-order valence-corrected chi connectivity index (χ0v) is 12.3. The Labute approximate surface area is 114 Å². The van der Waals surface area contributed by atoms with Crippen molar-refractivity contribution in [2.75, 3.05) is 6.54 Å². The summed E-state index contributed by atoms with van der Waals surface area (Å²) < 4.78 is 0. The SMILES string of the molecule is CCCc1cc(C(=O)NCC(C)(O)C(C)CC)n[nH]1. The average Bonchev–Trinajstić information content (AvgIpc) is 2.84. The fourth-order valence-corrected chi connectivity index (χ4v) is 1.84. The van der Waals surface area contributed by atoms with E-state index in [1.807, 2.05) is 13.8 Å². The van der Waals surface area contributed by atoms with Crippen LogP contribution in [0.15, 0.2) is 6.07 Å². The molecule has 108 valence electrons. The molecule has 0 spiro atoms. The number of hydrogen-bond donors (Lipinski definition) is 3. The number of amides is 1. The van der Waals surface area contributed by atoms with Gasteiger partial charge in [0.15, 0.2) is 0 Å². The number of hydrogen-bond acceptors (Lipinski definition) is 3. The Bertz CT molecular complexity index is 413. The number of aliphatic hydroxyl groups is 1. The van der Waals surface area contributed by atoms with E-state index in [0.717, 1.165) is 25.0 Å². The van der Waals surface area contributed by atoms with E-state index in [0.29, 0.717) is 5.69 Å². The molecule has 0 aliphatic rings. The molecule has 0 saturated heterocycles. The summed E-state index contributed by atoms with van der Waals surface area (Å²) in [6.07, 6.45) is 2.75. The van der Waals surface area contributed by atoms with Gasteiger partial charge in [-0.2, -0.15) is 5.10 Å². The van der Waals surface area contributed by atoms with Crippen LogP contribution in [0, 0.1) is 5.92 Å². The molecule has 5 nitrogen and oxygen atoms in total. The quantitative estimate of drug-likeness (QED) is 0.706. The highest BCUT2D eigenvalue weighted by molar-refractivity contribution is 5.92. The number of carbonyl (C=O) groups is 1. The Morgan fingerprint density at radius 1 is 1.58 bits per heavy atom. The lowest BCUT2D eigenvalue weighted by Crippen LogP contribution is -2.45. The topological polar surface area (TPSA) is 78.0 Å². The van der Waals surface area contributed by atoms with E-state index in [9.17, 15) is 9.90 Å². The van der Waals surface area contributed by atoms with Gasteiger partial charge in [-0.3, -0.25) is 9.89 Å². The van der Waals surface area contributed by atoms with E-state index in [2.05, 4.69) is 22.4 Å². The molecule has 0 aliphatic heterocycles. The van der Waals surface area contributed by atoms with Gasteiger partial charge >= 0.3 is 0 Å². The molecule has 0 fully saturated rings. The fourth-order valence-electron chi connectivity index (χ4n) is 1.84. The zero-order valence-electron chi connectivity index (χ0n) is 12.3. The van der Waals surface area contributed by atoms with Crippen LogP contribution in [-0.4, -0.2) is 33.4 Å². The van der Waals surface area contributed by atoms with Gasteiger partial charge in [0, 0.05) is 12.2 Å². The Kier molecular flexibility index (Phi) is 5.54. The minimum absolute atomic E-state index is 0.127. The highest BCUT2D eigenvalue weighted by atomic mass is 16.3. The van der Waals surface area contributed by atoms with Crippen LogP contribution in [0.4, 0.5) is 0 Å². The summed E-state index contributed by atoms with van der Waals surface area (Å²) in [4.78, 5) is 11.9. The van der Waals surface area contributed by atoms with Gasteiger partial charge in [-0.25, -0.2) is 0 Å². The first-order valence-corrected chi connectivity index (χ1v) is 6.95. The van der Waals surface area contributed by atoms with Crippen LogP contribution in [0.2, 0.25) is 0 Å². The van der Waals surface area contributed by atoms with Crippen molar-refractivity contribution in [2.45, 2.75) is 52.6 Å². The number of aryl methyl sites for hydroxylation is 1. The van der Waals surface area contributed by atoms with Crippen molar-refractivity contribution in [1.82, 2.24) is 15.5 Å². The number of carbonyl (C=O) groups excluding carboxylic acids is 1. The van der Waals surface area contributed by atoms with E-state index in [4.69, 9.17) is 0 Å². The molecule has 1 rings (SSSR count). The summed E-state index contributed by atoms with van der Waals surface area (Å²) in [5, 5.41) is 19.8. The number of rotatable bonds is 7. The molecule has 0 saturated carbocycles. The van der Waals surface area contributed by atoms with Gasteiger partial charge in [-0.1, -0.05) is 33.6 Å². The van der Waals surface area contributed by atoms with Crippen LogP contribution in [0.5, 0.6) is 0 Å². The van der Waals surface area contributed by atoms with Crippen LogP contribution in [0.25, 0.3) is 0 Å². The summed E-state index contributed by atoms with van der Waals surface area (Å²) in [5.74, 6) is -0.121. The van der Waals surface area contributed by atoms with E-state index in [1.54, 1.807) is 13.0 Å². The first-order chi connectivity index (χ1) is 8.90. The van der Waals surface area contributed by atoms with Crippen LogP contribution in [0.3, 0.4) is 0 Å². The van der Waals surface area contributed by atoms with Crippen molar-refractivity contribution < 1.29 is 9.90 Å². The molecule has 0 aliphatic carbocycles. The highest BCUT2D eigenvalue weighted by Crippen LogP contribution is 2.18. The monoisotopic (exact) mass is 267 g/mol. The molecule has 1 amide bonds. The van der Waals surface area contributed by atoms with Crippen molar-refractivity contribution in [2.24, 2.45) is 5.92 Å².